The summed E-state index contributed by atoms with van der Waals surface area (Å²) in [5.74, 6) is 1.70. The summed E-state index contributed by atoms with van der Waals surface area (Å²) in [5, 5.41) is 8.02. The maximum absolute atomic E-state index is 5.68. The minimum atomic E-state index is 0.189. The Labute approximate surface area is 160 Å². The van der Waals surface area contributed by atoms with E-state index in [0.29, 0.717) is 6.54 Å². The molecule has 142 valence electrons. The van der Waals surface area contributed by atoms with Crippen LogP contribution in [0.4, 0.5) is 0 Å². The first-order chi connectivity index (χ1) is 13.2. The predicted octanol–water partition coefficient (Wildman–Crippen LogP) is 3.86. The molecule has 3 aromatic rings. The van der Waals surface area contributed by atoms with E-state index < -0.39 is 0 Å². The normalized spacial score (nSPS) is 11.8. The maximum Gasteiger partial charge on any atom is 0.191 e. The molecule has 5 heteroatoms. The van der Waals surface area contributed by atoms with E-state index in [1.807, 2.05) is 32.0 Å². The van der Waals surface area contributed by atoms with Gasteiger partial charge >= 0.3 is 0 Å². The van der Waals surface area contributed by atoms with Crippen LogP contribution in [0.5, 0.6) is 5.75 Å². The summed E-state index contributed by atoms with van der Waals surface area (Å²) >= 11 is 0. The zero-order valence-electron chi connectivity index (χ0n) is 16.3. The quantitative estimate of drug-likeness (QED) is 0.441. The molecule has 3 rings (SSSR count). The number of hydrogen-bond acceptors (Lipinski definition) is 2. The Kier molecular flexibility index (Phi) is 6.36. The molecule has 1 heterocycles. The van der Waals surface area contributed by atoms with E-state index in [4.69, 9.17) is 4.74 Å². The molecule has 2 aromatic carbocycles. The zero-order valence-corrected chi connectivity index (χ0v) is 16.3. The van der Waals surface area contributed by atoms with E-state index >= 15 is 0 Å². The number of nitrogens with one attached hydrogen (secondary N) is 3. The number of H-pyrrole nitrogens is 1. The average Bonchev–Trinajstić information content (AvgIpc) is 3.08. The van der Waals surface area contributed by atoms with E-state index in [1.165, 1.54) is 22.0 Å². The molecule has 0 atom stereocenters. The van der Waals surface area contributed by atoms with E-state index in [1.54, 1.807) is 7.05 Å². The summed E-state index contributed by atoms with van der Waals surface area (Å²) < 4.78 is 5.68. The van der Waals surface area contributed by atoms with Gasteiger partial charge < -0.3 is 20.4 Å². The average molecular weight is 364 g/mol. The Hall–Kier alpha value is -2.95. The SMILES string of the molecule is CN=C(NCCc1c[nH]c2ccccc12)NCc1ccc(OC(C)C)cc1. The van der Waals surface area contributed by atoms with Crippen molar-refractivity contribution < 1.29 is 4.74 Å². The van der Waals surface area contributed by atoms with Crippen LogP contribution in [0.15, 0.2) is 59.7 Å². The van der Waals surface area contributed by atoms with Gasteiger partial charge in [0.2, 0.25) is 0 Å². The van der Waals surface area contributed by atoms with Gasteiger partial charge in [0.25, 0.3) is 0 Å². The highest BCUT2D eigenvalue weighted by Gasteiger charge is 2.04. The highest BCUT2D eigenvalue weighted by atomic mass is 16.5. The molecule has 0 saturated carbocycles. The molecular weight excluding hydrogens is 336 g/mol. The van der Waals surface area contributed by atoms with Gasteiger partial charge in [0.05, 0.1) is 6.10 Å². The van der Waals surface area contributed by atoms with E-state index in [-0.39, 0.29) is 6.10 Å². The number of fused-ring (bicyclic) bond motifs is 1. The van der Waals surface area contributed by atoms with Crippen LogP contribution in [0.3, 0.4) is 0 Å². The second kappa shape index (κ2) is 9.12. The molecule has 0 aliphatic rings. The molecule has 0 bridgehead atoms. The summed E-state index contributed by atoms with van der Waals surface area (Å²) in [5.41, 5.74) is 3.68. The number of guanidine groups is 1. The topological polar surface area (TPSA) is 61.4 Å². The van der Waals surface area contributed by atoms with Crippen molar-refractivity contribution in [2.75, 3.05) is 13.6 Å². The van der Waals surface area contributed by atoms with Gasteiger partial charge in [-0.2, -0.15) is 0 Å². The van der Waals surface area contributed by atoms with Gasteiger partial charge in [-0.15, -0.1) is 0 Å². The van der Waals surface area contributed by atoms with E-state index in [9.17, 15) is 0 Å². The lowest BCUT2D eigenvalue weighted by Crippen LogP contribution is -2.37. The minimum Gasteiger partial charge on any atom is -0.491 e. The second-order valence-corrected chi connectivity index (χ2v) is 6.77. The van der Waals surface area contributed by atoms with Gasteiger partial charge in [0, 0.05) is 37.2 Å². The summed E-state index contributed by atoms with van der Waals surface area (Å²) in [6, 6.07) is 16.5. The Bertz CT molecular complexity index is 881. The molecule has 0 aliphatic carbocycles. The molecule has 0 amide bonds. The van der Waals surface area contributed by atoms with Crippen molar-refractivity contribution >= 4 is 16.9 Å². The first-order valence-electron chi connectivity index (χ1n) is 9.41. The van der Waals surface area contributed by atoms with E-state index in [2.05, 4.69) is 57.1 Å². The highest BCUT2D eigenvalue weighted by molar-refractivity contribution is 5.83. The zero-order chi connectivity index (χ0) is 19.1. The smallest absolute Gasteiger partial charge is 0.191 e. The molecule has 0 unspecified atom stereocenters. The van der Waals surface area contributed by atoms with Gasteiger partial charge in [-0.25, -0.2) is 0 Å². The van der Waals surface area contributed by atoms with Crippen LogP contribution in [-0.2, 0) is 13.0 Å². The molecular formula is C22H28N4O. The maximum atomic E-state index is 5.68. The van der Waals surface area contributed by atoms with Crippen LogP contribution >= 0.6 is 0 Å². The largest absolute Gasteiger partial charge is 0.491 e. The summed E-state index contributed by atoms with van der Waals surface area (Å²) in [6.45, 7) is 5.60. The van der Waals surface area contributed by atoms with Crippen molar-refractivity contribution in [1.82, 2.24) is 15.6 Å². The Morgan fingerprint density at radius 2 is 1.85 bits per heavy atom. The van der Waals surface area contributed by atoms with Crippen LogP contribution in [0, 0.1) is 0 Å². The number of para-hydroxylation sites is 1. The summed E-state index contributed by atoms with van der Waals surface area (Å²) in [7, 11) is 1.79. The molecule has 0 saturated heterocycles. The Morgan fingerprint density at radius 1 is 1.07 bits per heavy atom. The monoisotopic (exact) mass is 364 g/mol. The highest BCUT2D eigenvalue weighted by Crippen LogP contribution is 2.17. The van der Waals surface area contributed by atoms with Crippen LogP contribution in [0.1, 0.15) is 25.0 Å². The molecule has 1 aromatic heterocycles. The Balaban J connectivity index is 1.47. The fourth-order valence-electron chi connectivity index (χ4n) is 3.02. The van der Waals surface area contributed by atoms with Gasteiger partial charge in [-0.1, -0.05) is 30.3 Å². The van der Waals surface area contributed by atoms with Crippen molar-refractivity contribution in [2.24, 2.45) is 4.99 Å². The number of aliphatic imine (C=N–C) groups is 1. The first-order valence-corrected chi connectivity index (χ1v) is 9.41. The van der Waals surface area contributed by atoms with Gasteiger partial charge in [0.15, 0.2) is 5.96 Å². The lowest BCUT2D eigenvalue weighted by Gasteiger charge is -2.13. The number of ether oxygens (including phenoxy) is 1. The van der Waals surface area contributed by atoms with Crippen LogP contribution < -0.4 is 15.4 Å². The molecule has 0 radical (unpaired) electrons. The number of nitrogens with zero attached hydrogens (tertiary/aromatic N) is 1. The van der Waals surface area contributed by atoms with Crippen molar-refractivity contribution in [3.8, 4) is 5.75 Å². The number of aromatic amines is 1. The number of rotatable bonds is 7. The number of hydrogen-bond donors (Lipinski definition) is 3. The predicted molar refractivity (Wildman–Crippen MR) is 112 cm³/mol. The molecule has 3 N–H and O–H groups in total. The van der Waals surface area contributed by atoms with Crippen LogP contribution in [0.2, 0.25) is 0 Å². The molecule has 0 spiro atoms. The molecule has 0 aliphatic heterocycles. The lowest BCUT2D eigenvalue weighted by atomic mass is 10.1. The van der Waals surface area contributed by atoms with Gasteiger partial charge in [-0.05, 0) is 49.6 Å². The third-order valence-electron chi connectivity index (χ3n) is 4.34. The standard InChI is InChI=1S/C22H28N4O/c1-16(2)27-19-10-8-17(9-11-19)14-26-22(23-3)24-13-12-18-15-25-21-7-5-4-6-20(18)21/h4-11,15-16,25H,12-14H2,1-3H3,(H2,23,24,26). The van der Waals surface area contributed by atoms with Gasteiger partial charge in [-0.3, -0.25) is 4.99 Å². The second-order valence-electron chi connectivity index (χ2n) is 6.77. The lowest BCUT2D eigenvalue weighted by molar-refractivity contribution is 0.242. The first kappa shape index (κ1) is 18.8. The van der Waals surface area contributed by atoms with Crippen molar-refractivity contribution in [3.63, 3.8) is 0 Å². The third kappa shape index (κ3) is 5.26. The summed E-state index contributed by atoms with van der Waals surface area (Å²) in [6.07, 6.45) is 3.21. The number of benzene rings is 2. The molecule has 5 nitrogen and oxygen atoms in total. The third-order valence-corrected chi connectivity index (χ3v) is 4.34. The summed E-state index contributed by atoms with van der Waals surface area (Å²) in [4.78, 5) is 7.62. The molecule has 27 heavy (non-hydrogen) atoms. The number of aromatic nitrogens is 1. The molecule has 0 fully saturated rings. The Morgan fingerprint density at radius 3 is 2.59 bits per heavy atom. The van der Waals surface area contributed by atoms with Crippen molar-refractivity contribution in [1.29, 1.82) is 0 Å². The van der Waals surface area contributed by atoms with Crippen molar-refractivity contribution in [2.45, 2.75) is 32.9 Å². The van der Waals surface area contributed by atoms with E-state index in [0.717, 1.165) is 24.7 Å². The minimum absolute atomic E-state index is 0.189. The van der Waals surface area contributed by atoms with Crippen LogP contribution in [0.25, 0.3) is 10.9 Å². The van der Waals surface area contributed by atoms with Gasteiger partial charge in [0.1, 0.15) is 5.75 Å². The fourth-order valence-corrected chi connectivity index (χ4v) is 3.02. The van der Waals surface area contributed by atoms with Crippen LogP contribution in [-0.4, -0.2) is 30.6 Å². The fraction of sp³-hybridized carbons (Fsp3) is 0.318. The van der Waals surface area contributed by atoms with Crippen molar-refractivity contribution in [3.05, 3.63) is 65.9 Å².